The van der Waals surface area contributed by atoms with Crippen LogP contribution in [0.4, 0.5) is 5.00 Å². The summed E-state index contributed by atoms with van der Waals surface area (Å²) in [6.45, 7) is 10.5. The largest absolute Gasteiger partial charge is 0.462 e. The molecular weight excluding hydrogens is 408 g/mol. The molecule has 1 aliphatic rings. The van der Waals surface area contributed by atoms with Crippen LogP contribution in [-0.4, -0.2) is 39.3 Å². The van der Waals surface area contributed by atoms with Crippen molar-refractivity contribution in [1.82, 2.24) is 14.9 Å². The second-order valence-corrected chi connectivity index (χ2v) is 10.3. The predicted molar refractivity (Wildman–Crippen MR) is 117 cm³/mol. The van der Waals surface area contributed by atoms with Crippen LogP contribution in [0.2, 0.25) is 0 Å². The van der Waals surface area contributed by atoms with Gasteiger partial charge in [0.25, 0.3) is 0 Å². The Morgan fingerprint density at radius 1 is 1.38 bits per heavy atom. The van der Waals surface area contributed by atoms with Crippen molar-refractivity contribution in [3.63, 3.8) is 0 Å². The van der Waals surface area contributed by atoms with Gasteiger partial charge in [-0.25, -0.2) is 9.78 Å². The lowest BCUT2D eigenvalue weighted by atomic mass is 9.81. The van der Waals surface area contributed by atoms with Gasteiger partial charge in [-0.3, -0.25) is 4.79 Å². The highest BCUT2D eigenvalue weighted by molar-refractivity contribution is 7.99. The molecule has 0 fully saturated rings. The minimum Gasteiger partial charge on any atom is -0.462 e. The van der Waals surface area contributed by atoms with Crippen LogP contribution >= 0.6 is 23.1 Å². The van der Waals surface area contributed by atoms with Crippen LogP contribution in [0.3, 0.4) is 0 Å². The number of hydrogen-bond donors (Lipinski definition) is 2. The fourth-order valence-electron chi connectivity index (χ4n) is 3.82. The van der Waals surface area contributed by atoms with Crippen LogP contribution in [-0.2, 0) is 28.5 Å². The van der Waals surface area contributed by atoms with E-state index >= 15 is 0 Å². The molecule has 29 heavy (non-hydrogen) atoms. The molecular formula is C20H28N4O3S2. The monoisotopic (exact) mass is 436 g/mol. The molecule has 0 atom stereocenters. The molecule has 2 aromatic heterocycles. The SMILES string of the molecule is CCOC(=O)c1c(NC(=O)CSc2nccn2C)sc2c1CC(C)(C)NC2(C)C. The van der Waals surface area contributed by atoms with Crippen molar-refractivity contribution in [3.8, 4) is 0 Å². The Morgan fingerprint density at radius 3 is 2.72 bits per heavy atom. The standard InChI is InChI=1S/C20H28N4O3S2/c1-7-27-17(26)14-12-10-19(2,3)23-20(4,5)15(12)29-16(14)22-13(25)11-28-18-21-8-9-24(18)6/h8-9,23H,7,10-11H2,1-6H3,(H,22,25). The summed E-state index contributed by atoms with van der Waals surface area (Å²) in [7, 11) is 1.89. The molecule has 9 heteroatoms. The normalized spacial score (nSPS) is 16.9. The number of nitrogens with one attached hydrogen (secondary N) is 2. The molecule has 0 spiro atoms. The van der Waals surface area contributed by atoms with Gasteiger partial charge in [-0.15, -0.1) is 11.3 Å². The van der Waals surface area contributed by atoms with Gasteiger partial charge in [0, 0.05) is 35.4 Å². The van der Waals surface area contributed by atoms with Gasteiger partial charge in [0.15, 0.2) is 5.16 Å². The maximum Gasteiger partial charge on any atom is 0.341 e. The molecule has 2 N–H and O–H groups in total. The molecule has 3 rings (SSSR count). The Hall–Kier alpha value is -1.84. The van der Waals surface area contributed by atoms with E-state index in [1.165, 1.54) is 23.1 Å². The number of anilines is 1. The lowest BCUT2D eigenvalue weighted by Gasteiger charge is -2.42. The lowest BCUT2D eigenvalue weighted by Crippen LogP contribution is -2.55. The Morgan fingerprint density at radius 2 is 2.10 bits per heavy atom. The number of aryl methyl sites for hydroxylation is 1. The number of nitrogens with zero attached hydrogens (tertiary/aromatic N) is 2. The summed E-state index contributed by atoms with van der Waals surface area (Å²) >= 11 is 2.81. The molecule has 0 aromatic carbocycles. The van der Waals surface area contributed by atoms with Crippen molar-refractivity contribution in [3.05, 3.63) is 28.4 Å². The number of thioether (sulfide) groups is 1. The number of carbonyl (C=O) groups is 2. The van der Waals surface area contributed by atoms with Crippen molar-refractivity contribution < 1.29 is 14.3 Å². The molecule has 158 valence electrons. The fraction of sp³-hybridized carbons (Fsp3) is 0.550. The number of aromatic nitrogens is 2. The number of imidazole rings is 1. The van der Waals surface area contributed by atoms with Gasteiger partial charge in [0.05, 0.1) is 17.9 Å². The first-order chi connectivity index (χ1) is 13.5. The number of carbonyl (C=O) groups excluding carboxylic acids is 2. The van der Waals surface area contributed by atoms with E-state index in [4.69, 9.17) is 4.74 Å². The summed E-state index contributed by atoms with van der Waals surface area (Å²) in [5, 5.41) is 7.91. The van der Waals surface area contributed by atoms with Gasteiger partial charge in [-0.2, -0.15) is 0 Å². The van der Waals surface area contributed by atoms with E-state index < -0.39 is 0 Å². The second kappa shape index (κ2) is 8.12. The predicted octanol–water partition coefficient (Wildman–Crippen LogP) is 3.55. The highest BCUT2D eigenvalue weighted by Crippen LogP contribution is 2.45. The first kappa shape index (κ1) is 21.9. The maximum atomic E-state index is 12.8. The summed E-state index contributed by atoms with van der Waals surface area (Å²) in [6, 6.07) is 0. The summed E-state index contributed by atoms with van der Waals surface area (Å²) in [5.74, 6) is -0.347. The van der Waals surface area contributed by atoms with Crippen LogP contribution in [0.5, 0.6) is 0 Å². The molecule has 0 saturated heterocycles. The summed E-state index contributed by atoms with van der Waals surface area (Å²) < 4.78 is 7.19. The van der Waals surface area contributed by atoms with Gasteiger partial charge < -0.3 is 19.9 Å². The number of ether oxygens (including phenoxy) is 1. The zero-order valence-electron chi connectivity index (χ0n) is 17.7. The highest BCUT2D eigenvalue weighted by atomic mass is 32.2. The van der Waals surface area contributed by atoms with Crippen molar-refractivity contribution >= 4 is 40.0 Å². The molecule has 0 aliphatic carbocycles. The third-order valence-corrected chi connectivity index (χ3v) is 7.22. The van der Waals surface area contributed by atoms with Crippen LogP contribution in [0, 0.1) is 0 Å². The molecule has 1 aliphatic heterocycles. The maximum absolute atomic E-state index is 12.8. The molecule has 3 heterocycles. The molecule has 7 nitrogen and oxygen atoms in total. The van der Waals surface area contributed by atoms with E-state index in [9.17, 15) is 9.59 Å². The van der Waals surface area contributed by atoms with Crippen molar-refractivity contribution in [1.29, 1.82) is 0 Å². The molecule has 0 bridgehead atoms. The Balaban J connectivity index is 1.90. The fourth-order valence-corrected chi connectivity index (χ4v) is 5.83. The van der Waals surface area contributed by atoms with E-state index in [1.54, 1.807) is 13.1 Å². The van der Waals surface area contributed by atoms with Crippen LogP contribution in [0.25, 0.3) is 0 Å². The summed E-state index contributed by atoms with van der Waals surface area (Å²) in [4.78, 5) is 30.7. The molecule has 2 aromatic rings. The Bertz CT molecular complexity index is 930. The number of thiophene rings is 1. The zero-order chi connectivity index (χ0) is 21.4. The molecule has 1 amide bonds. The van der Waals surface area contributed by atoms with Crippen molar-refractivity contribution in [2.75, 3.05) is 17.7 Å². The Kier molecular flexibility index (Phi) is 6.12. The van der Waals surface area contributed by atoms with Gasteiger partial charge >= 0.3 is 5.97 Å². The molecule has 0 unspecified atom stereocenters. The number of amides is 1. The van der Waals surface area contributed by atoms with Gasteiger partial charge in [0.2, 0.25) is 5.91 Å². The van der Waals surface area contributed by atoms with E-state index in [1.807, 2.05) is 17.8 Å². The van der Waals surface area contributed by atoms with Crippen LogP contribution in [0.1, 0.15) is 55.4 Å². The lowest BCUT2D eigenvalue weighted by molar-refractivity contribution is -0.113. The first-order valence-electron chi connectivity index (χ1n) is 9.56. The van der Waals surface area contributed by atoms with Crippen LogP contribution in [0.15, 0.2) is 17.6 Å². The first-order valence-corrected chi connectivity index (χ1v) is 11.4. The smallest absolute Gasteiger partial charge is 0.341 e. The summed E-state index contributed by atoms with van der Waals surface area (Å²) in [6.07, 6.45) is 4.22. The second-order valence-electron chi connectivity index (χ2n) is 8.30. The third-order valence-electron chi connectivity index (χ3n) is 4.69. The average Bonchev–Trinajstić information content (AvgIpc) is 3.15. The minimum absolute atomic E-state index is 0.172. The number of hydrogen-bond acceptors (Lipinski definition) is 7. The number of rotatable bonds is 6. The summed E-state index contributed by atoms with van der Waals surface area (Å²) in [5.41, 5.74) is 0.973. The average molecular weight is 437 g/mol. The minimum atomic E-state index is -0.384. The quantitative estimate of drug-likeness (QED) is 0.532. The third kappa shape index (κ3) is 4.67. The molecule has 0 radical (unpaired) electrons. The van der Waals surface area contributed by atoms with E-state index in [0.29, 0.717) is 17.0 Å². The van der Waals surface area contributed by atoms with Gasteiger partial charge in [-0.05, 0) is 46.6 Å². The van der Waals surface area contributed by atoms with Gasteiger partial charge in [0.1, 0.15) is 5.00 Å². The molecule has 0 saturated carbocycles. The Labute approximate surface area is 179 Å². The van der Waals surface area contributed by atoms with Crippen molar-refractivity contribution in [2.24, 2.45) is 7.05 Å². The van der Waals surface area contributed by atoms with Crippen molar-refractivity contribution in [2.45, 2.75) is 57.3 Å². The van der Waals surface area contributed by atoms with Crippen LogP contribution < -0.4 is 10.6 Å². The van der Waals surface area contributed by atoms with E-state index in [-0.39, 0.29) is 35.3 Å². The highest BCUT2D eigenvalue weighted by Gasteiger charge is 2.42. The van der Waals surface area contributed by atoms with Gasteiger partial charge in [-0.1, -0.05) is 11.8 Å². The topological polar surface area (TPSA) is 85.2 Å². The van der Waals surface area contributed by atoms with E-state index in [0.717, 1.165) is 15.6 Å². The van der Waals surface area contributed by atoms with E-state index in [2.05, 4.69) is 43.3 Å². The zero-order valence-corrected chi connectivity index (χ0v) is 19.3. The number of fused-ring (bicyclic) bond motifs is 1. The number of esters is 1.